The number of benzene rings is 1. The molecule has 0 spiro atoms. The minimum Gasteiger partial charge on any atom is -0.385 e. The van der Waals surface area contributed by atoms with Gasteiger partial charge in [0.1, 0.15) is 0 Å². The maximum absolute atomic E-state index is 5.82. The molecule has 1 aliphatic rings. The van der Waals surface area contributed by atoms with Gasteiger partial charge in [0.05, 0.1) is 23.5 Å². The molecule has 0 amide bonds. The summed E-state index contributed by atoms with van der Waals surface area (Å²) in [5, 5.41) is 4.34. The highest BCUT2D eigenvalue weighted by Gasteiger charge is 2.41. The van der Waals surface area contributed by atoms with E-state index in [1.54, 1.807) is 7.11 Å². The van der Waals surface area contributed by atoms with Gasteiger partial charge in [0.2, 0.25) is 0 Å². The van der Waals surface area contributed by atoms with E-state index in [1.807, 2.05) is 18.3 Å². The molecule has 6 heteroatoms. The number of ether oxygens (including phenoxy) is 1. The summed E-state index contributed by atoms with van der Waals surface area (Å²) in [6, 6.07) is 13.0. The van der Waals surface area contributed by atoms with Crippen LogP contribution in [-0.2, 0) is 4.74 Å². The van der Waals surface area contributed by atoms with Crippen LogP contribution in [0.5, 0.6) is 0 Å². The third kappa shape index (κ3) is 4.42. The number of nitrogens with zero attached hydrogens (tertiary/aromatic N) is 3. The van der Waals surface area contributed by atoms with Gasteiger partial charge < -0.3 is 19.5 Å². The fraction of sp³-hybridized carbons (Fsp3) is 0.407. The Balaban J connectivity index is 1.83. The first-order valence-electron chi connectivity index (χ1n) is 11.6. The van der Waals surface area contributed by atoms with Crippen molar-refractivity contribution in [3.05, 3.63) is 81.9 Å². The van der Waals surface area contributed by atoms with E-state index in [0.29, 0.717) is 6.61 Å². The molecule has 0 aliphatic carbocycles. The zero-order valence-corrected chi connectivity index (χ0v) is 21.3. The standard InChI is InChI=1S/C27H34N4OS/c1-17-14-18(2)25(19(3)15-17)31-20(4)16-22(21(31)5)26-24(23-10-7-8-11-28-23)29-27(33)30(26)12-9-13-32-6/h7-8,10-11,14-16,24,26H,9,12-13H2,1-6H3,(H,29,33)/t24-,26+/m0/s1. The van der Waals surface area contributed by atoms with Crippen LogP contribution in [0.25, 0.3) is 5.69 Å². The monoisotopic (exact) mass is 462 g/mol. The molecule has 1 aliphatic heterocycles. The summed E-state index contributed by atoms with van der Waals surface area (Å²) < 4.78 is 7.73. The van der Waals surface area contributed by atoms with Crippen molar-refractivity contribution in [1.29, 1.82) is 0 Å². The predicted octanol–water partition coefficient (Wildman–Crippen LogP) is 5.42. The fourth-order valence-electron chi connectivity index (χ4n) is 5.32. The molecule has 0 bridgehead atoms. The zero-order chi connectivity index (χ0) is 23.7. The maximum atomic E-state index is 5.82. The lowest BCUT2D eigenvalue weighted by atomic mass is 9.96. The van der Waals surface area contributed by atoms with Crippen LogP contribution < -0.4 is 5.32 Å². The molecular formula is C27H34N4OS. The Labute approximate surface area is 202 Å². The van der Waals surface area contributed by atoms with Gasteiger partial charge in [-0.15, -0.1) is 0 Å². The van der Waals surface area contributed by atoms with Crippen LogP contribution in [0.1, 0.15) is 57.8 Å². The molecule has 4 rings (SSSR count). The smallest absolute Gasteiger partial charge is 0.170 e. The van der Waals surface area contributed by atoms with Crippen LogP contribution in [-0.4, -0.2) is 39.8 Å². The summed E-state index contributed by atoms with van der Waals surface area (Å²) in [6.45, 7) is 12.5. The van der Waals surface area contributed by atoms with Gasteiger partial charge in [0.25, 0.3) is 0 Å². The highest BCUT2D eigenvalue weighted by molar-refractivity contribution is 7.80. The first-order valence-corrected chi connectivity index (χ1v) is 12.0. The topological polar surface area (TPSA) is 42.3 Å². The number of hydrogen-bond donors (Lipinski definition) is 1. The predicted molar refractivity (Wildman–Crippen MR) is 138 cm³/mol. The Morgan fingerprint density at radius 2 is 1.79 bits per heavy atom. The van der Waals surface area contributed by atoms with E-state index in [4.69, 9.17) is 17.0 Å². The highest BCUT2D eigenvalue weighted by atomic mass is 32.1. The van der Waals surface area contributed by atoms with Crippen molar-refractivity contribution in [2.24, 2.45) is 0 Å². The molecule has 1 saturated heterocycles. The van der Waals surface area contributed by atoms with Crippen molar-refractivity contribution < 1.29 is 4.74 Å². The molecule has 2 atom stereocenters. The van der Waals surface area contributed by atoms with E-state index in [1.165, 1.54) is 39.3 Å². The average Bonchev–Trinajstić information content (AvgIpc) is 3.25. The van der Waals surface area contributed by atoms with Crippen molar-refractivity contribution >= 4 is 17.3 Å². The Kier molecular flexibility index (Phi) is 6.86. The highest BCUT2D eigenvalue weighted by Crippen LogP contribution is 2.42. The first kappa shape index (κ1) is 23.5. The van der Waals surface area contributed by atoms with Crippen LogP contribution in [0.15, 0.2) is 42.6 Å². The molecule has 33 heavy (non-hydrogen) atoms. The van der Waals surface area contributed by atoms with Crippen molar-refractivity contribution in [2.45, 2.75) is 53.1 Å². The Hall–Kier alpha value is -2.70. The second-order valence-corrected chi connectivity index (χ2v) is 9.46. The molecule has 174 valence electrons. The number of pyridine rings is 1. The van der Waals surface area contributed by atoms with E-state index in [2.05, 4.69) is 78.7 Å². The van der Waals surface area contributed by atoms with Gasteiger partial charge in [-0.3, -0.25) is 4.98 Å². The number of nitrogens with one attached hydrogen (secondary N) is 1. The molecule has 1 N–H and O–H groups in total. The minimum absolute atomic E-state index is 0.00425. The quantitative estimate of drug-likeness (QED) is 0.375. The Morgan fingerprint density at radius 3 is 2.42 bits per heavy atom. The second-order valence-electron chi connectivity index (χ2n) is 9.08. The third-order valence-electron chi connectivity index (χ3n) is 6.59. The summed E-state index contributed by atoms with van der Waals surface area (Å²) >= 11 is 5.82. The van der Waals surface area contributed by atoms with Crippen LogP contribution >= 0.6 is 12.2 Å². The van der Waals surface area contributed by atoms with Gasteiger partial charge in [-0.05, 0) is 88.1 Å². The van der Waals surface area contributed by atoms with E-state index >= 15 is 0 Å². The van der Waals surface area contributed by atoms with Crippen molar-refractivity contribution in [1.82, 2.24) is 19.8 Å². The molecule has 0 saturated carbocycles. The summed E-state index contributed by atoms with van der Waals surface area (Å²) in [5.74, 6) is 0. The number of methoxy groups -OCH3 is 1. The van der Waals surface area contributed by atoms with E-state index < -0.39 is 0 Å². The lowest BCUT2D eigenvalue weighted by molar-refractivity contribution is 0.180. The van der Waals surface area contributed by atoms with E-state index in [-0.39, 0.29) is 12.1 Å². The molecule has 0 unspecified atom stereocenters. The zero-order valence-electron chi connectivity index (χ0n) is 20.5. The number of rotatable bonds is 7. The third-order valence-corrected chi connectivity index (χ3v) is 6.95. The van der Waals surface area contributed by atoms with Gasteiger partial charge in [0.15, 0.2) is 5.11 Å². The van der Waals surface area contributed by atoms with Crippen molar-refractivity contribution in [2.75, 3.05) is 20.3 Å². The molecule has 1 fully saturated rings. The van der Waals surface area contributed by atoms with Gasteiger partial charge in [-0.2, -0.15) is 0 Å². The average molecular weight is 463 g/mol. The molecule has 3 heterocycles. The second kappa shape index (κ2) is 9.65. The molecule has 1 aromatic carbocycles. The Morgan fingerprint density at radius 1 is 1.06 bits per heavy atom. The SMILES string of the molecule is COCCCN1C(=S)N[C@@H](c2ccccn2)[C@H]1c1cc(C)n(-c2c(C)cc(C)cc2C)c1C. The largest absolute Gasteiger partial charge is 0.385 e. The normalized spacial score (nSPS) is 18.1. The Bertz CT molecular complexity index is 1130. The fourth-order valence-corrected chi connectivity index (χ4v) is 5.65. The molecule has 2 aromatic heterocycles. The maximum Gasteiger partial charge on any atom is 0.170 e. The van der Waals surface area contributed by atoms with Gasteiger partial charge >= 0.3 is 0 Å². The lowest BCUT2D eigenvalue weighted by Crippen LogP contribution is -2.31. The lowest BCUT2D eigenvalue weighted by Gasteiger charge is -2.28. The molecule has 3 aromatic rings. The molecule has 0 radical (unpaired) electrons. The van der Waals surface area contributed by atoms with E-state index in [0.717, 1.165) is 23.8 Å². The summed E-state index contributed by atoms with van der Waals surface area (Å²) in [6.07, 6.45) is 2.77. The van der Waals surface area contributed by atoms with Gasteiger partial charge in [0, 0.05) is 37.8 Å². The number of aromatic nitrogens is 2. The molecule has 5 nitrogen and oxygen atoms in total. The van der Waals surface area contributed by atoms with Crippen molar-refractivity contribution in [3.63, 3.8) is 0 Å². The van der Waals surface area contributed by atoms with Gasteiger partial charge in [-0.1, -0.05) is 23.8 Å². The summed E-state index contributed by atoms with van der Waals surface area (Å²) in [5.41, 5.74) is 9.91. The first-order chi connectivity index (χ1) is 15.8. The number of thiocarbonyl (C=S) groups is 1. The van der Waals surface area contributed by atoms with Gasteiger partial charge in [-0.25, -0.2) is 0 Å². The summed E-state index contributed by atoms with van der Waals surface area (Å²) in [7, 11) is 1.74. The number of aryl methyl sites for hydroxylation is 4. The van der Waals surface area contributed by atoms with Crippen LogP contribution in [0, 0.1) is 34.6 Å². The minimum atomic E-state index is -0.00425. The van der Waals surface area contributed by atoms with E-state index in [9.17, 15) is 0 Å². The van der Waals surface area contributed by atoms with Crippen LogP contribution in [0.3, 0.4) is 0 Å². The number of hydrogen-bond acceptors (Lipinski definition) is 3. The summed E-state index contributed by atoms with van der Waals surface area (Å²) in [4.78, 5) is 6.99. The van der Waals surface area contributed by atoms with Crippen LogP contribution in [0.4, 0.5) is 0 Å². The van der Waals surface area contributed by atoms with Crippen LogP contribution in [0.2, 0.25) is 0 Å². The van der Waals surface area contributed by atoms with Crippen molar-refractivity contribution in [3.8, 4) is 5.69 Å². The molecular weight excluding hydrogens is 428 g/mol.